The number of aromatic nitrogens is 1. The maximum Gasteiger partial charge on any atom is 0.436 e. The molecule has 68 valence electrons. The Kier molecular flexibility index (Phi) is 2.37. The number of alkyl halides is 3. The number of nitrogens with two attached hydrogens (primary N) is 1. The molecular weight excluding hydrogens is 173 g/mol. The minimum atomic E-state index is -4.43. The molecule has 0 aliphatic rings. The van der Waals surface area contributed by atoms with Gasteiger partial charge < -0.3 is 10.3 Å². The molecule has 0 aromatic carbocycles. The maximum absolute atomic E-state index is 11.9. The molecule has 0 radical (unpaired) electrons. The van der Waals surface area contributed by atoms with Gasteiger partial charge >= 0.3 is 6.18 Å². The largest absolute Gasteiger partial charge is 0.436 e. The Morgan fingerprint density at radius 3 is 2.58 bits per heavy atom. The lowest BCUT2D eigenvalue weighted by atomic mass is 10.3. The molecule has 0 fully saturated rings. The molecule has 0 saturated heterocycles. The first kappa shape index (κ1) is 9.05. The molecule has 0 unspecified atom stereocenters. The molecule has 12 heavy (non-hydrogen) atoms. The second-order valence-electron chi connectivity index (χ2n) is 2.21. The van der Waals surface area contributed by atoms with E-state index in [1.165, 1.54) is 0 Å². The monoisotopic (exact) mass is 180 g/mol. The Bertz CT molecular complexity index is 256. The molecule has 0 bridgehead atoms. The zero-order valence-corrected chi connectivity index (χ0v) is 6.06. The second-order valence-corrected chi connectivity index (χ2v) is 2.21. The summed E-state index contributed by atoms with van der Waals surface area (Å²) in [4.78, 5) is 0. The topological polar surface area (TPSA) is 52.0 Å². The number of hydrogen-bond donors (Lipinski definition) is 1. The highest BCUT2D eigenvalue weighted by molar-refractivity contribution is 5.08. The maximum atomic E-state index is 11.9. The standard InChI is InChI=1S/C6H7F3N2O/c7-6(8,9)5-3-4(1-2-10)12-11-5/h3H,1-2,10H2. The number of nitrogens with zero attached hydrogens (tertiary/aromatic N) is 1. The highest BCUT2D eigenvalue weighted by atomic mass is 19.4. The van der Waals surface area contributed by atoms with Crippen LogP contribution in [-0.2, 0) is 12.6 Å². The summed E-state index contributed by atoms with van der Waals surface area (Å²) >= 11 is 0. The summed E-state index contributed by atoms with van der Waals surface area (Å²) in [5, 5.41) is 2.85. The Hall–Kier alpha value is -1.04. The van der Waals surface area contributed by atoms with Gasteiger partial charge in [0, 0.05) is 12.5 Å². The van der Waals surface area contributed by atoms with Crippen LogP contribution in [0.25, 0.3) is 0 Å². The third kappa shape index (κ3) is 1.97. The summed E-state index contributed by atoms with van der Waals surface area (Å²) in [5.41, 5.74) is 4.10. The lowest BCUT2D eigenvalue weighted by molar-refractivity contribution is -0.142. The van der Waals surface area contributed by atoms with Crippen LogP contribution >= 0.6 is 0 Å². The van der Waals surface area contributed by atoms with E-state index in [-0.39, 0.29) is 18.7 Å². The molecule has 0 atom stereocenters. The van der Waals surface area contributed by atoms with Gasteiger partial charge in [-0.25, -0.2) is 0 Å². The average molecular weight is 180 g/mol. The summed E-state index contributed by atoms with van der Waals surface area (Å²) in [6.45, 7) is 0.243. The van der Waals surface area contributed by atoms with Crippen molar-refractivity contribution in [2.45, 2.75) is 12.6 Å². The number of rotatable bonds is 2. The van der Waals surface area contributed by atoms with E-state index in [0.29, 0.717) is 0 Å². The molecule has 0 saturated carbocycles. The first-order chi connectivity index (χ1) is 5.54. The van der Waals surface area contributed by atoms with Crippen LogP contribution in [0.2, 0.25) is 0 Å². The fourth-order valence-corrected chi connectivity index (χ4v) is 0.707. The van der Waals surface area contributed by atoms with Crippen LogP contribution in [-0.4, -0.2) is 11.7 Å². The molecular formula is C6H7F3N2O. The zero-order chi connectivity index (χ0) is 9.19. The Balaban J connectivity index is 2.77. The molecule has 6 heteroatoms. The van der Waals surface area contributed by atoms with Crippen molar-refractivity contribution in [2.24, 2.45) is 5.73 Å². The summed E-state index contributed by atoms with van der Waals surface area (Å²) in [6.07, 6.45) is -4.17. The fraction of sp³-hybridized carbons (Fsp3) is 0.500. The van der Waals surface area contributed by atoms with Crippen molar-refractivity contribution in [3.8, 4) is 0 Å². The third-order valence-corrected chi connectivity index (χ3v) is 1.24. The molecule has 2 N–H and O–H groups in total. The van der Waals surface area contributed by atoms with Gasteiger partial charge in [0.25, 0.3) is 0 Å². The van der Waals surface area contributed by atoms with Crippen LogP contribution in [0, 0.1) is 0 Å². The molecule has 1 heterocycles. The van der Waals surface area contributed by atoms with Gasteiger partial charge in [0.1, 0.15) is 5.76 Å². The minimum absolute atomic E-state index is 0.157. The zero-order valence-electron chi connectivity index (χ0n) is 6.06. The fourth-order valence-electron chi connectivity index (χ4n) is 0.707. The van der Waals surface area contributed by atoms with Crippen molar-refractivity contribution in [2.75, 3.05) is 6.54 Å². The average Bonchev–Trinajstić information content (AvgIpc) is 2.35. The van der Waals surface area contributed by atoms with Crippen LogP contribution in [0.5, 0.6) is 0 Å². The number of hydrogen-bond acceptors (Lipinski definition) is 3. The SMILES string of the molecule is NCCc1cc(C(F)(F)F)no1. The first-order valence-electron chi connectivity index (χ1n) is 3.27. The van der Waals surface area contributed by atoms with Gasteiger partial charge in [-0.3, -0.25) is 0 Å². The molecule has 0 spiro atoms. The normalized spacial score (nSPS) is 12.0. The second kappa shape index (κ2) is 3.14. The van der Waals surface area contributed by atoms with Gasteiger partial charge in [0.2, 0.25) is 0 Å². The van der Waals surface area contributed by atoms with Crippen LogP contribution in [0.4, 0.5) is 13.2 Å². The van der Waals surface area contributed by atoms with E-state index in [1.54, 1.807) is 0 Å². The van der Waals surface area contributed by atoms with E-state index in [0.717, 1.165) is 6.07 Å². The molecule has 0 aliphatic carbocycles. The van der Waals surface area contributed by atoms with E-state index in [9.17, 15) is 13.2 Å². The van der Waals surface area contributed by atoms with Gasteiger partial charge in [0.05, 0.1) is 0 Å². The van der Waals surface area contributed by atoms with E-state index < -0.39 is 11.9 Å². The van der Waals surface area contributed by atoms with E-state index in [1.807, 2.05) is 0 Å². The Morgan fingerprint density at radius 1 is 1.50 bits per heavy atom. The van der Waals surface area contributed by atoms with E-state index in [4.69, 9.17) is 5.73 Å². The smallest absolute Gasteiger partial charge is 0.361 e. The van der Waals surface area contributed by atoms with Crippen molar-refractivity contribution in [1.82, 2.24) is 5.16 Å². The third-order valence-electron chi connectivity index (χ3n) is 1.24. The van der Waals surface area contributed by atoms with Gasteiger partial charge in [0.15, 0.2) is 5.69 Å². The quantitative estimate of drug-likeness (QED) is 0.743. The van der Waals surface area contributed by atoms with Crippen LogP contribution in [0.1, 0.15) is 11.5 Å². The van der Waals surface area contributed by atoms with Gasteiger partial charge in [-0.1, -0.05) is 5.16 Å². The summed E-state index contributed by atoms with van der Waals surface area (Å²) in [5.74, 6) is 0.157. The van der Waals surface area contributed by atoms with E-state index in [2.05, 4.69) is 9.68 Å². The van der Waals surface area contributed by atoms with Crippen molar-refractivity contribution in [1.29, 1.82) is 0 Å². The minimum Gasteiger partial charge on any atom is -0.361 e. The summed E-state index contributed by atoms with van der Waals surface area (Å²) < 4.78 is 40.0. The van der Waals surface area contributed by atoms with Crippen molar-refractivity contribution in [3.63, 3.8) is 0 Å². The molecule has 0 aliphatic heterocycles. The molecule has 3 nitrogen and oxygen atoms in total. The summed E-state index contributed by atoms with van der Waals surface area (Å²) in [7, 11) is 0. The van der Waals surface area contributed by atoms with Crippen molar-refractivity contribution in [3.05, 3.63) is 17.5 Å². The van der Waals surface area contributed by atoms with Gasteiger partial charge in [-0.15, -0.1) is 0 Å². The molecule has 1 aromatic rings. The van der Waals surface area contributed by atoms with E-state index >= 15 is 0 Å². The Morgan fingerprint density at radius 2 is 2.17 bits per heavy atom. The highest BCUT2D eigenvalue weighted by Gasteiger charge is 2.34. The van der Waals surface area contributed by atoms with Crippen molar-refractivity contribution >= 4 is 0 Å². The van der Waals surface area contributed by atoms with Crippen LogP contribution in [0.3, 0.4) is 0 Å². The van der Waals surface area contributed by atoms with Crippen LogP contribution in [0.15, 0.2) is 10.6 Å². The van der Waals surface area contributed by atoms with Gasteiger partial charge in [-0.05, 0) is 6.54 Å². The van der Waals surface area contributed by atoms with Crippen molar-refractivity contribution < 1.29 is 17.7 Å². The lowest BCUT2D eigenvalue weighted by Crippen LogP contribution is -2.05. The first-order valence-corrected chi connectivity index (χ1v) is 3.27. The predicted molar refractivity (Wildman–Crippen MR) is 34.3 cm³/mol. The molecule has 0 amide bonds. The molecule has 1 aromatic heterocycles. The highest BCUT2D eigenvalue weighted by Crippen LogP contribution is 2.28. The van der Waals surface area contributed by atoms with Crippen LogP contribution < -0.4 is 5.73 Å². The number of halogens is 3. The lowest BCUT2D eigenvalue weighted by Gasteiger charge is -1.97. The van der Waals surface area contributed by atoms with Gasteiger partial charge in [-0.2, -0.15) is 13.2 Å². The summed E-state index contributed by atoms with van der Waals surface area (Å²) in [6, 6.07) is 0.854. The molecule has 1 rings (SSSR count). The Labute approximate surface area is 66.3 Å². The predicted octanol–water partition coefficient (Wildman–Crippen LogP) is 1.19.